The second kappa shape index (κ2) is 4.91. The Morgan fingerprint density at radius 1 is 1.33 bits per heavy atom. The van der Waals surface area contributed by atoms with Crippen LogP contribution < -0.4 is 0 Å². The quantitative estimate of drug-likeness (QED) is 0.646. The smallest absolute Gasteiger partial charge is 0.0807 e. The third-order valence-corrected chi connectivity index (χ3v) is 1.87. The van der Waals surface area contributed by atoms with E-state index in [-0.39, 0.29) is 0 Å². The molecule has 3 nitrogen and oxygen atoms in total. The first-order valence-corrected chi connectivity index (χ1v) is 4.30. The van der Waals surface area contributed by atoms with Crippen LogP contribution in [0.5, 0.6) is 0 Å². The molecule has 0 saturated heterocycles. The fourth-order valence-electron chi connectivity index (χ4n) is 0.665. The third kappa shape index (κ3) is 3.51. The lowest BCUT2D eigenvalue weighted by Crippen LogP contribution is -2.20. The van der Waals surface area contributed by atoms with E-state index in [4.69, 9.17) is 5.53 Å². The van der Waals surface area contributed by atoms with Crippen LogP contribution in [0.2, 0.25) is 0 Å². The lowest BCUT2D eigenvalue weighted by Gasteiger charge is -2.20. The molecule has 70 valence electrons. The van der Waals surface area contributed by atoms with Gasteiger partial charge in [-0.2, -0.15) is 5.11 Å². The molecule has 12 heavy (non-hydrogen) atoms. The molecular weight excluding hydrogens is 150 g/mol. The van der Waals surface area contributed by atoms with Gasteiger partial charge >= 0.3 is 0 Å². The molecule has 0 aromatic rings. The van der Waals surface area contributed by atoms with E-state index in [1.807, 2.05) is 27.1 Å². The zero-order chi connectivity index (χ0) is 9.72. The molecule has 0 unspecified atom stereocenters. The van der Waals surface area contributed by atoms with Crippen molar-refractivity contribution in [3.05, 3.63) is 11.9 Å². The maximum atomic E-state index is 6.95. The highest BCUT2D eigenvalue weighted by molar-refractivity contribution is 5.00. The van der Waals surface area contributed by atoms with Gasteiger partial charge in [0, 0.05) is 19.3 Å². The molecule has 0 spiro atoms. The van der Waals surface area contributed by atoms with Gasteiger partial charge in [-0.1, -0.05) is 13.8 Å². The van der Waals surface area contributed by atoms with Gasteiger partial charge in [0.2, 0.25) is 0 Å². The molecule has 0 rings (SSSR count). The summed E-state index contributed by atoms with van der Waals surface area (Å²) in [6.07, 6.45) is 1.93. The highest BCUT2D eigenvalue weighted by Crippen LogP contribution is 2.11. The maximum absolute atomic E-state index is 6.95. The van der Waals surface area contributed by atoms with Crippen molar-refractivity contribution < 1.29 is 0 Å². The molecule has 0 aromatic heterocycles. The van der Waals surface area contributed by atoms with E-state index >= 15 is 0 Å². The highest BCUT2D eigenvalue weighted by atomic mass is 15.1. The van der Waals surface area contributed by atoms with Gasteiger partial charge in [-0.25, -0.2) is 5.53 Å². The van der Waals surface area contributed by atoms with Gasteiger partial charge in [-0.05, 0) is 19.8 Å². The summed E-state index contributed by atoms with van der Waals surface area (Å²) in [6, 6.07) is 0.459. The van der Waals surface area contributed by atoms with Crippen LogP contribution in [0.25, 0.3) is 0 Å². The Morgan fingerprint density at radius 2 is 1.83 bits per heavy atom. The van der Waals surface area contributed by atoms with Crippen molar-refractivity contribution in [2.45, 2.75) is 33.7 Å². The lowest BCUT2D eigenvalue weighted by atomic mass is 10.1. The SMILES string of the molecule is CC(C)/C(=C/N(C)C(C)C)N=N. The summed E-state index contributed by atoms with van der Waals surface area (Å²) in [5.41, 5.74) is 7.78. The van der Waals surface area contributed by atoms with E-state index in [9.17, 15) is 0 Å². The number of rotatable bonds is 4. The second-order valence-corrected chi connectivity index (χ2v) is 3.58. The van der Waals surface area contributed by atoms with Crippen molar-refractivity contribution >= 4 is 0 Å². The number of allylic oxidation sites excluding steroid dienone is 1. The second-order valence-electron chi connectivity index (χ2n) is 3.58. The van der Waals surface area contributed by atoms with Crippen LogP contribution in [-0.4, -0.2) is 18.0 Å². The molecule has 0 radical (unpaired) electrons. The monoisotopic (exact) mass is 169 g/mol. The average molecular weight is 169 g/mol. The molecule has 0 saturated carbocycles. The summed E-state index contributed by atoms with van der Waals surface area (Å²) >= 11 is 0. The third-order valence-electron chi connectivity index (χ3n) is 1.87. The van der Waals surface area contributed by atoms with E-state index in [0.717, 1.165) is 5.70 Å². The van der Waals surface area contributed by atoms with Gasteiger partial charge in [0.1, 0.15) is 0 Å². The first-order valence-electron chi connectivity index (χ1n) is 4.30. The minimum atomic E-state index is 0.323. The Labute approximate surface area is 75.0 Å². The number of nitrogens with one attached hydrogen (secondary N) is 1. The van der Waals surface area contributed by atoms with Gasteiger partial charge in [0.25, 0.3) is 0 Å². The molecule has 0 amide bonds. The van der Waals surface area contributed by atoms with Crippen molar-refractivity contribution in [3.8, 4) is 0 Å². The molecule has 0 fully saturated rings. The van der Waals surface area contributed by atoms with Gasteiger partial charge in [0.05, 0.1) is 5.70 Å². The number of hydrogen-bond acceptors (Lipinski definition) is 3. The molecule has 1 N–H and O–H groups in total. The predicted molar refractivity (Wildman–Crippen MR) is 51.0 cm³/mol. The summed E-state index contributed by atoms with van der Waals surface area (Å²) in [6.45, 7) is 8.30. The maximum Gasteiger partial charge on any atom is 0.0807 e. The Hall–Kier alpha value is -0.860. The highest BCUT2D eigenvalue weighted by Gasteiger charge is 2.04. The molecule has 0 aliphatic heterocycles. The first kappa shape index (κ1) is 11.1. The van der Waals surface area contributed by atoms with Crippen LogP contribution in [0.4, 0.5) is 0 Å². The number of hydrogen-bond donors (Lipinski definition) is 1. The standard InChI is InChI=1S/C9H19N3/c1-7(2)9(11-10)6-12(5)8(3)4/h6-8,10H,1-5H3/b9-6-,11-10?. The number of nitrogens with zero attached hydrogens (tertiary/aromatic N) is 2. The van der Waals surface area contributed by atoms with Gasteiger partial charge in [-0.3, -0.25) is 0 Å². The summed E-state index contributed by atoms with van der Waals surface area (Å²) in [5, 5.41) is 3.48. The topological polar surface area (TPSA) is 39.5 Å². The predicted octanol–water partition coefficient (Wildman–Crippen LogP) is 2.85. The Bertz CT molecular complexity index is 171. The van der Waals surface area contributed by atoms with Crippen LogP contribution in [0.3, 0.4) is 0 Å². The van der Waals surface area contributed by atoms with Crippen molar-refractivity contribution in [3.63, 3.8) is 0 Å². The van der Waals surface area contributed by atoms with Crippen LogP contribution in [0, 0.1) is 11.4 Å². The minimum absolute atomic E-state index is 0.323. The zero-order valence-electron chi connectivity index (χ0n) is 8.63. The van der Waals surface area contributed by atoms with Crippen LogP contribution in [-0.2, 0) is 0 Å². The van der Waals surface area contributed by atoms with E-state index in [0.29, 0.717) is 12.0 Å². The first-order chi connectivity index (χ1) is 5.49. The van der Waals surface area contributed by atoms with E-state index < -0.39 is 0 Å². The van der Waals surface area contributed by atoms with Gasteiger partial charge in [0.15, 0.2) is 0 Å². The average Bonchev–Trinajstić information content (AvgIpc) is 1.98. The van der Waals surface area contributed by atoms with Crippen molar-refractivity contribution in [2.75, 3.05) is 7.05 Å². The van der Waals surface area contributed by atoms with Crippen molar-refractivity contribution in [1.29, 1.82) is 5.53 Å². The molecule has 0 bridgehead atoms. The molecule has 0 aliphatic carbocycles. The largest absolute Gasteiger partial charge is 0.376 e. The molecular formula is C9H19N3. The molecule has 0 atom stereocenters. The fraction of sp³-hybridized carbons (Fsp3) is 0.778. The zero-order valence-corrected chi connectivity index (χ0v) is 8.63. The Morgan fingerprint density at radius 3 is 2.08 bits per heavy atom. The lowest BCUT2D eigenvalue weighted by molar-refractivity contribution is 0.369. The van der Waals surface area contributed by atoms with E-state index in [2.05, 4.69) is 23.9 Å². The van der Waals surface area contributed by atoms with Gasteiger partial charge in [-0.15, -0.1) is 0 Å². The molecule has 0 aromatic carbocycles. The summed E-state index contributed by atoms with van der Waals surface area (Å²) < 4.78 is 0. The molecule has 3 heteroatoms. The van der Waals surface area contributed by atoms with Crippen LogP contribution in [0.1, 0.15) is 27.7 Å². The van der Waals surface area contributed by atoms with Crippen LogP contribution >= 0.6 is 0 Å². The Kier molecular flexibility index (Phi) is 4.55. The Balaban J connectivity index is 4.37. The summed E-state index contributed by atoms with van der Waals surface area (Å²) in [5.74, 6) is 0.323. The van der Waals surface area contributed by atoms with Crippen LogP contribution in [0.15, 0.2) is 17.0 Å². The summed E-state index contributed by atoms with van der Waals surface area (Å²) in [4.78, 5) is 2.06. The van der Waals surface area contributed by atoms with E-state index in [1.165, 1.54) is 0 Å². The van der Waals surface area contributed by atoms with E-state index in [1.54, 1.807) is 0 Å². The molecule has 0 aliphatic rings. The van der Waals surface area contributed by atoms with Crippen molar-refractivity contribution in [1.82, 2.24) is 4.90 Å². The summed E-state index contributed by atoms with van der Waals surface area (Å²) in [7, 11) is 2.00. The molecule has 0 heterocycles. The fourth-order valence-corrected chi connectivity index (χ4v) is 0.665. The van der Waals surface area contributed by atoms with Crippen molar-refractivity contribution in [2.24, 2.45) is 11.0 Å². The normalized spacial score (nSPS) is 12.4. The minimum Gasteiger partial charge on any atom is -0.376 e. The van der Waals surface area contributed by atoms with Gasteiger partial charge < -0.3 is 4.90 Å².